The number of carbonyl (C=O) groups is 1. The van der Waals surface area contributed by atoms with Crippen LogP contribution in [0.25, 0.3) is 0 Å². The Morgan fingerprint density at radius 1 is 1.23 bits per heavy atom. The normalized spacial score (nSPS) is 15.8. The van der Waals surface area contributed by atoms with Gasteiger partial charge in [-0.05, 0) is 56.4 Å². The van der Waals surface area contributed by atoms with Crippen LogP contribution in [0.5, 0.6) is 17.2 Å². The van der Waals surface area contributed by atoms with Crippen molar-refractivity contribution in [3.05, 3.63) is 53.6 Å². The molecule has 1 aliphatic heterocycles. The minimum Gasteiger partial charge on any atom is -0.490 e. The molecule has 0 saturated carbocycles. The number of carboxylic acids is 1. The van der Waals surface area contributed by atoms with Crippen molar-refractivity contribution in [2.75, 3.05) is 27.3 Å². The highest BCUT2D eigenvalue weighted by Gasteiger charge is 2.22. The average molecular weight is 409 g/mol. The maximum atomic E-state index is 11.0. The number of hydrogen-bond donors (Lipinski definition) is 1. The predicted molar refractivity (Wildman–Crippen MR) is 114 cm³/mol. The molecule has 1 aliphatic rings. The van der Waals surface area contributed by atoms with Crippen molar-refractivity contribution in [2.24, 2.45) is 0 Å². The summed E-state index contributed by atoms with van der Waals surface area (Å²) in [4.78, 5) is 13.1. The average Bonchev–Trinajstić information content (AvgIpc) is 2.71. The molecule has 1 heterocycles. The van der Waals surface area contributed by atoms with Gasteiger partial charge in [-0.3, -0.25) is 4.79 Å². The van der Waals surface area contributed by atoms with E-state index in [-0.39, 0.29) is 18.4 Å². The van der Waals surface area contributed by atoms with Crippen LogP contribution in [-0.4, -0.2) is 49.4 Å². The summed E-state index contributed by atoms with van der Waals surface area (Å²) in [6.07, 6.45) is -0.235. The summed E-state index contributed by atoms with van der Waals surface area (Å²) in [5, 5.41) is 9.06. The molecule has 2 aromatic carbocycles. The number of aliphatic carboxylic acids is 1. The lowest BCUT2D eigenvalue weighted by Gasteiger charge is -2.27. The van der Waals surface area contributed by atoms with Gasteiger partial charge in [0.15, 0.2) is 17.6 Å². The Bertz CT molecular complexity index is 927. The fourth-order valence-electron chi connectivity index (χ4n) is 3.29. The maximum absolute atomic E-state index is 11.0. The lowest BCUT2D eigenvalue weighted by molar-refractivity contribution is -0.137. The van der Waals surface area contributed by atoms with Gasteiger partial charge >= 0.3 is 5.97 Å². The first kappa shape index (κ1) is 21.5. The van der Waals surface area contributed by atoms with Crippen molar-refractivity contribution in [3.8, 4) is 29.1 Å². The summed E-state index contributed by atoms with van der Waals surface area (Å²) in [6.45, 7) is 3.31. The zero-order valence-corrected chi connectivity index (χ0v) is 17.6. The van der Waals surface area contributed by atoms with Gasteiger partial charge in [-0.15, -0.1) is 5.92 Å². The van der Waals surface area contributed by atoms with Crippen molar-refractivity contribution in [1.29, 1.82) is 0 Å². The van der Waals surface area contributed by atoms with Crippen LogP contribution in [0.3, 0.4) is 0 Å². The van der Waals surface area contributed by atoms with Crippen LogP contribution >= 0.6 is 0 Å². The molecule has 3 rings (SSSR count). The standard InChI is InChI=1S/C24H27NO5/c1-4-5-19(13-24(26)27)18-7-9-20(10-8-18)28-15-21-16-29-22-11-6-17(14-25(2)3)12-23(22)30-21/h6-12,19,21H,13-16H2,1-3H3,(H,26,27)/t19?,21-/m0/s1. The SMILES string of the molecule is CC#CC(CC(=O)O)c1ccc(OC[C@H]2COc3ccc(CN(C)C)cc3O2)cc1. The molecule has 6 nitrogen and oxygen atoms in total. The third-order valence-electron chi connectivity index (χ3n) is 4.64. The molecule has 0 radical (unpaired) electrons. The highest BCUT2D eigenvalue weighted by atomic mass is 16.6. The largest absolute Gasteiger partial charge is 0.490 e. The number of carboxylic acid groups (broad SMARTS) is 1. The summed E-state index contributed by atoms with van der Waals surface area (Å²) in [5.74, 6) is 6.72. The number of hydrogen-bond acceptors (Lipinski definition) is 5. The van der Waals surface area contributed by atoms with Crippen molar-refractivity contribution in [1.82, 2.24) is 4.90 Å². The van der Waals surface area contributed by atoms with E-state index in [9.17, 15) is 4.79 Å². The van der Waals surface area contributed by atoms with Crippen molar-refractivity contribution >= 4 is 5.97 Å². The second-order valence-electron chi connectivity index (χ2n) is 7.49. The molecule has 6 heteroatoms. The lowest BCUT2D eigenvalue weighted by Crippen LogP contribution is -2.34. The van der Waals surface area contributed by atoms with Crippen LogP contribution in [0.15, 0.2) is 42.5 Å². The van der Waals surface area contributed by atoms with Crippen LogP contribution in [0, 0.1) is 11.8 Å². The maximum Gasteiger partial charge on any atom is 0.304 e. The number of ether oxygens (including phenoxy) is 3. The Balaban J connectivity index is 1.58. The number of fused-ring (bicyclic) bond motifs is 1. The molecule has 2 aromatic rings. The monoisotopic (exact) mass is 409 g/mol. The van der Waals surface area contributed by atoms with Crippen LogP contribution in [0.2, 0.25) is 0 Å². The first-order chi connectivity index (χ1) is 14.4. The van der Waals surface area contributed by atoms with Gasteiger partial charge in [-0.2, -0.15) is 0 Å². The van der Waals surface area contributed by atoms with Crippen LogP contribution in [-0.2, 0) is 11.3 Å². The molecule has 158 valence electrons. The lowest BCUT2D eigenvalue weighted by atomic mass is 9.96. The van der Waals surface area contributed by atoms with E-state index in [1.165, 1.54) is 0 Å². The second-order valence-corrected chi connectivity index (χ2v) is 7.49. The van der Waals surface area contributed by atoms with Gasteiger partial charge in [-0.25, -0.2) is 0 Å². The van der Waals surface area contributed by atoms with E-state index < -0.39 is 5.97 Å². The summed E-state index contributed by atoms with van der Waals surface area (Å²) < 4.78 is 17.7. The van der Waals surface area contributed by atoms with E-state index >= 15 is 0 Å². The van der Waals surface area contributed by atoms with Gasteiger partial charge in [-0.1, -0.05) is 24.1 Å². The molecule has 30 heavy (non-hydrogen) atoms. The first-order valence-corrected chi connectivity index (χ1v) is 9.88. The Kier molecular flexibility index (Phi) is 7.21. The van der Waals surface area contributed by atoms with Gasteiger partial charge in [0.2, 0.25) is 0 Å². The molecule has 1 N–H and O–H groups in total. The molecular weight excluding hydrogens is 382 g/mol. The summed E-state index contributed by atoms with van der Waals surface area (Å²) in [7, 11) is 4.05. The van der Waals surface area contributed by atoms with E-state index in [0.717, 1.165) is 29.2 Å². The fraction of sp³-hybridized carbons (Fsp3) is 0.375. The molecular formula is C24H27NO5. The summed E-state index contributed by atoms with van der Waals surface area (Å²) >= 11 is 0. The topological polar surface area (TPSA) is 68.2 Å². The van der Waals surface area contributed by atoms with Crippen molar-refractivity contribution in [2.45, 2.75) is 31.9 Å². The quantitative estimate of drug-likeness (QED) is 0.673. The molecule has 0 aromatic heterocycles. The molecule has 0 spiro atoms. The minimum atomic E-state index is -0.869. The minimum absolute atomic E-state index is 0.0243. The van der Waals surface area contributed by atoms with Crippen LogP contribution in [0.4, 0.5) is 0 Å². The summed E-state index contributed by atoms with van der Waals surface area (Å²) in [5.41, 5.74) is 2.02. The van der Waals surface area contributed by atoms with Crippen LogP contribution in [0.1, 0.15) is 30.4 Å². The molecule has 0 bridgehead atoms. The first-order valence-electron chi connectivity index (χ1n) is 9.88. The molecule has 1 unspecified atom stereocenters. The number of benzene rings is 2. The third kappa shape index (κ3) is 5.91. The molecule has 0 saturated heterocycles. The Labute approximate surface area is 177 Å². The van der Waals surface area contributed by atoms with E-state index in [4.69, 9.17) is 19.3 Å². The van der Waals surface area contributed by atoms with Crippen molar-refractivity contribution in [3.63, 3.8) is 0 Å². The smallest absolute Gasteiger partial charge is 0.304 e. The molecule has 2 atom stereocenters. The highest BCUT2D eigenvalue weighted by molar-refractivity contribution is 5.69. The Hall–Kier alpha value is -3.17. The van der Waals surface area contributed by atoms with E-state index in [1.807, 2.05) is 56.6 Å². The zero-order chi connectivity index (χ0) is 21.5. The second kappa shape index (κ2) is 10.0. The third-order valence-corrected chi connectivity index (χ3v) is 4.64. The van der Waals surface area contributed by atoms with E-state index in [0.29, 0.717) is 19.0 Å². The predicted octanol–water partition coefficient (Wildman–Crippen LogP) is 3.55. The van der Waals surface area contributed by atoms with E-state index in [2.05, 4.69) is 16.7 Å². The van der Waals surface area contributed by atoms with Gasteiger partial charge in [0, 0.05) is 6.54 Å². The van der Waals surface area contributed by atoms with Gasteiger partial charge in [0.05, 0.1) is 12.3 Å². The van der Waals surface area contributed by atoms with Gasteiger partial charge in [0.25, 0.3) is 0 Å². The molecule has 0 amide bonds. The fourth-order valence-corrected chi connectivity index (χ4v) is 3.29. The van der Waals surface area contributed by atoms with Gasteiger partial charge < -0.3 is 24.2 Å². The Morgan fingerprint density at radius 3 is 2.67 bits per heavy atom. The summed E-state index contributed by atoms with van der Waals surface area (Å²) in [6, 6.07) is 13.4. The van der Waals surface area contributed by atoms with E-state index in [1.54, 1.807) is 6.92 Å². The van der Waals surface area contributed by atoms with Crippen LogP contribution < -0.4 is 14.2 Å². The van der Waals surface area contributed by atoms with Crippen molar-refractivity contribution < 1.29 is 24.1 Å². The molecule has 0 fully saturated rings. The number of nitrogens with zero attached hydrogens (tertiary/aromatic N) is 1. The highest BCUT2D eigenvalue weighted by Crippen LogP contribution is 2.33. The Morgan fingerprint density at radius 2 is 2.00 bits per heavy atom. The zero-order valence-electron chi connectivity index (χ0n) is 17.6. The molecule has 0 aliphatic carbocycles. The number of rotatable bonds is 8. The van der Waals surface area contributed by atoms with Gasteiger partial charge in [0.1, 0.15) is 19.0 Å².